The third-order valence-corrected chi connectivity index (χ3v) is 3.48. The minimum atomic E-state index is 0.818. The standard InChI is InChI=1S/C17H29NO/c1-4-5-6-7-8-9-10-11-19-17-14(2)12-16(18)13-15(17)3/h12-13H,4-11,18H2,1-3H3. The summed E-state index contributed by atoms with van der Waals surface area (Å²) in [5.74, 6) is 1.01. The van der Waals surface area contributed by atoms with Gasteiger partial charge in [-0.2, -0.15) is 0 Å². The molecule has 19 heavy (non-hydrogen) atoms. The number of hydrogen-bond acceptors (Lipinski definition) is 2. The van der Waals surface area contributed by atoms with E-state index in [9.17, 15) is 0 Å². The summed E-state index contributed by atoms with van der Waals surface area (Å²) in [6.07, 6.45) is 9.20. The molecule has 0 aliphatic rings. The van der Waals surface area contributed by atoms with E-state index in [0.717, 1.165) is 35.6 Å². The highest BCUT2D eigenvalue weighted by Crippen LogP contribution is 2.26. The van der Waals surface area contributed by atoms with Crippen molar-refractivity contribution < 1.29 is 4.74 Å². The van der Waals surface area contributed by atoms with E-state index in [1.54, 1.807) is 0 Å². The molecule has 2 heteroatoms. The Hall–Kier alpha value is -1.18. The first-order chi connectivity index (χ1) is 9.15. The van der Waals surface area contributed by atoms with Gasteiger partial charge in [-0.1, -0.05) is 45.4 Å². The Balaban J connectivity index is 2.19. The molecule has 0 heterocycles. The number of rotatable bonds is 9. The summed E-state index contributed by atoms with van der Waals surface area (Å²) in [7, 11) is 0. The van der Waals surface area contributed by atoms with Crippen molar-refractivity contribution in [1.82, 2.24) is 0 Å². The lowest BCUT2D eigenvalue weighted by Crippen LogP contribution is -2.01. The summed E-state index contributed by atoms with van der Waals surface area (Å²) in [6, 6.07) is 3.96. The first kappa shape index (κ1) is 15.9. The van der Waals surface area contributed by atoms with Crippen LogP contribution in [-0.4, -0.2) is 6.61 Å². The van der Waals surface area contributed by atoms with E-state index in [1.807, 2.05) is 12.1 Å². The van der Waals surface area contributed by atoms with Gasteiger partial charge < -0.3 is 10.5 Å². The van der Waals surface area contributed by atoms with Crippen LogP contribution in [0.2, 0.25) is 0 Å². The van der Waals surface area contributed by atoms with Crippen LogP contribution in [0.5, 0.6) is 5.75 Å². The second-order valence-electron chi connectivity index (χ2n) is 5.45. The summed E-state index contributed by atoms with van der Waals surface area (Å²) in [6.45, 7) is 7.19. The molecular formula is C17H29NO. The molecule has 0 saturated carbocycles. The molecule has 0 bridgehead atoms. The summed E-state index contributed by atoms with van der Waals surface area (Å²) in [4.78, 5) is 0. The Morgan fingerprint density at radius 1 is 0.895 bits per heavy atom. The Kier molecular flexibility index (Phi) is 7.39. The predicted molar refractivity (Wildman–Crippen MR) is 83.8 cm³/mol. The zero-order valence-electron chi connectivity index (χ0n) is 12.8. The van der Waals surface area contributed by atoms with Crippen LogP contribution in [0.25, 0.3) is 0 Å². The SMILES string of the molecule is CCCCCCCCCOc1c(C)cc(N)cc1C. The number of nitrogens with two attached hydrogens (primary N) is 1. The predicted octanol–water partition coefficient (Wildman–Crippen LogP) is 5.02. The Labute approximate surface area is 118 Å². The van der Waals surface area contributed by atoms with E-state index in [0.29, 0.717) is 0 Å². The zero-order chi connectivity index (χ0) is 14.1. The average Bonchev–Trinajstić information content (AvgIpc) is 2.35. The van der Waals surface area contributed by atoms with E-state index in [4.69, 9.17) is 10.5 Å². The van der Waals surface area contributed by atoms with Crippen molar-refractivity contribution in [3.8, 4) is 5.75 Å². The maximum Gasteiger partial charge on any atom is 0.125 e. The number of unbranched alkanes of at least 4 members (excludes halogenated alkanes) is 6. The molecule has 2 N–H and O–H groups in total. The number of hydrogen-bond donors (Lipinski definition) is 1. The highest BCUT2D eigenvalue weighted by Gasteiger charge is 2.04. The summed E-state index contributed by atoms with van der Waals surface area (Å²) < 4.78 is 5.89. The number of benzene rings is 1. The Morgan fingerprint density at radius 2 is 1.42 bits per heavy atom. The lowest BCUT2D eigenvalue weighted by Gasteiger charge is -2.12. The first-order valence-corrected chi connectivity index (χ1v) is 7.64. The number of nitrogen functional groups attached to an aromatic ring is 1. The van der Waals surface area contributed by atoms with Crippen LogP contribution in [0.4, 0.5) is 5.69 Å². The third-order valence-electron chi connectivity index (χ3n) is 3.48. The van der Waals surface area contributed by atoms with Gasteiger partial charge in [-0.15, -0.1) is 0 Å². The van der Waals surface area contributed by atoms with E-state index in [2.05, 4.69) is 20.8 Å². The smallest absolute Gasteiger partial charge is 0.125 e. The van der Waals surface area contributed by atoms with Crippen LogP contribution in [0, 0.1) is 13.8 Å². The molecule has 2 nitrogen and oxygen atoms in total. The minimum Gasteiger partial charge on any atom is -0.493 e. The molecule has 0 fully saturated rings. The lowest BCUT2D eigenvalue weighted by atomic mass is 10.1. The average molecular weight is 263 g/mol. The van der Waals surface area contributed by atoms with Gasteiger partial charge in [0.2, 0.25) is 0 Å². The van der Waals surface area contributed by atoms with E-state index >= 15 is 0 Å². The second kappa shape index (κ2) is 8.84. The molecule has 0 aliphatic carbocycles. The topological polar surface area (TPSA) is 35.2 Å². The molecule has 1 rings (SSSR count). The third kappa shape index (κ3) is 6.00. The molecule has 1 aromatic carbocycles. The number of anilines is 1. The van der Waals surface area contributed by atoms with Crippen LogP contribution in [0.15, 0.2) is 12.1 Å². The van der Waals surface area contributed by atoms with Crippen molar-refractivity contribution >= 4 is 5.69 Å². The van der Waals surface area contributed by atoms with Crippen LogP contribution >= 0.6 is 0 Å². The van der Waals surface area contributed by atoms with Gasteiger partial charge in [-0.05, 0) is 43.5 Å². The van der Waals surface area contributed by atoms with Crippen molar-refractivity contribution in [3.63, 3.8) is 0 Å². The molecule has 0 unspecified atom stereocenters. The van der Waals surface area contributed by atoms with E-state index in [-0.39, 0.29) is 0 Å². The van der Waals surface area contributed by atoms with Gasteiger partial charge in [0, 0.05) is 5.69 Å². The van der Waals surface area contributed by atoms with Crippen LogP contribution in [0.3, 0.4) is 0 Å². The van der Waals surface area contributed by atoms with Crippen molar-refractivity contribution in [2.24, 2.45) is 0 Å². The molecule has 0 radical (unpaired) electrons. The number of aryl methyl sites for hydroxylation is 2. The molecular weight excluding hydrogens is 234 g/mol. The molecule has 0 saturated heterocycles. The van der Waals surface area contributed by atoms with Gasteiger partial charge in [0.15, 0.2) is 0 Å². The van der Waals surface area contributed by atoms with Gasteiger partial charge >= 0.3 is 0 Å². The normalized spacial score (nSPS) is 10.7. The van der Waals surface area contributed by atoms with Gasteiger partial charge in [-0.25, -0.2) is 0 Å². The Bertz CT molecular complexity index is 351. The van der Waals surface area contributed by atoms with Crippen molar-refractivity contribution in [3.05, 3.63) is 23.3 Å². The van der Waals surface area contributed by atoms with E-state index in [1.165, 1.54) is 38.5 Å². The molecule has 108 valence electrons. The second-order valence-corrected chi connectivity index (χ2v) is 5.45. The molecule has 0 spiro atoms. The van der Waals surface area contributed by atoms with Gasteiger partial charge in [0.05, 0.1) is 6.61 Å². The Morgan fingerprint density at radius 3 is 2.00 bits per heavy atom. The van der Waals surface area contributed by atoms with Gasteiger partial charge in [-0.3, -0.25) is 0 Å². The van der Waals surface area contributed by atoms with Gasteiger partial charge in [0.25, 0.3) is 0 Å². The summed E-state index contributed by atoms with van der Waals surface area (Å²) in [5.41, 5.74) is 8.90. The molecule has 0 aliphatic heterocycles. The molecule has 1 aromatic rings. The minimum absolute atomic E-state index is 0.818. The largest absolute Gasteiger partial charge is 0.493 e. The monoisotopic (exact) mass is 263 g/mol. The van der Waals surface area contributed by atoms with Crippen LogP contribution in [0.1, 0.15) is 63.0 Å². The maximum atomic E-state index is 5.89. The zero-order valence-corrected chi connectivity index (χ0v) is 12.8. The summed E-state index contributed by atoms with van der Waals surface area (Å²) in [5, 5.41) is 0. The fourth-order valence-corrected chi connectivity index (χ4v) is 2.44. The van der Waals surface area contributed by atoms with E-state index < -0.39 is 0 Å². The first-order valence-electron chi connectivity index (χ1n) is 7.64. The highest BCUT2D eigenvalue weighted by molar-refractivity contribution is 5.52. The van der Waals surface area contributed by atoms with Gasteiger partial charge in [0.1, 0.15) is 5.75 Å². The fourth-order valence-electron chi connectivity index (χ4n) is 2.44. The molecule has 0 amide bonds. The van der Waals surface area contributed by atoms with Crippen LogP contribution < -0.4 is 10.5 Å². The highest BCUT2D eigenvalue weighted by atomic mass is 16.5. The van der Waals surface area contributed by atoms with Crippen molar-refractivity contribution in [2.45, 2.75) is 65.7 Å². The van der Waals surface area contributed by atoms with Crippen LogP contribution in [-0.2, 0) is 0 Å². The maximum absolute atomic E-state index is 5.89. The number of ether oxygens (including phenoxy) is 1. The fraction of sp³-hybridized carbons (Fsp3) is 0.647. The lowest BCUT2D eigenvalue weighted by molar-refractivity contribution is 0.300. The molecule has 0 atom stereocenters. The van der Waals surface area contributed by atoms with Crippen molar-refractivity contribution in [1.29, 1.82) is 0 Å². The van der Waals surface area contributed by atoms with Crippen molar-refractivity contribution in [2.75, 3.05) is 12.3 Å². The summed E-state index contributed by atoms with van der Waals surface area (Å²) >= 11 is 0. The quantitative estimate of drug-likeness (QED) is 0.502. The molecule has 0 aromatic heterocycles.